The molecule has 0 nitrogen and oxygen atoms in total. The Morgan fingerprint density at radius 2 is 2.27 bits per heavy atom. The maximum Gasteiger partial charge on any atom is 0.0277 e. The Kier molecular flexibility index (Phi) is 3.00. The van der Waals surface area contributed by atoms with Crippen molar-refractivity contribution in [3.63, 3.8) is 0 Å². The van der Waals surface area contributed by atoms with Crippen molar-refractivity contribution < 1.29 is 0 Å². The van der Waals surface area contributed by atoms with E-state index in [1.807, 2.05) is 0 Å². The Labute approximate surface area is 74.6 Å². The molecule has 64 valence electrons. The van der Waals surface area contributed by atoms with Gasteiger partial charge in [-0.2, -0.15) is 0 Å². The summed E-state index contributed by atoms with van der Waals surface area (Å²) in [5, 5.41) is 0. The quantitative estimate of drug-likeness (QED) is 0.449. The van der Waals surface area contributed by atoms with Crippen LogP contribution in [0.4, 0.5) is 0 Å². The van der Waals surface area contributed by atoms with E-state index in [9.17, 15) is 0 Å². The summed E-state index contributed by atoms with van der Waals surface area (Å²) in [6.07, 6.45) is 7.52. The van der Waals surface area contributed by atoms with Crippen LogP contribution in [0.1, 0.15) is 39.5 Å². The number of allylic oxidation sites excluding steroid dienone is 2. The number of alkyl halides is 1. The van der Waals surface area contributed by atoms with Crippen LogP contribution in [0.5, 0.6) is 0 Å². The van der Waals surface area contributed by atoms with Crippen molar-refractivity contribution in [1.82, 2.24) is 0 Å². The normalized spacial score (nSPS) is 18.6. The topological polar surface area (TPSA) is 0 Å². The molecule has 1 heteroatoms. The highest BCUT2D eigenvalue weighted by Gasteiger charge is 2.19. The third-order valence-corrected chi connectivity index (χ3v) is 2.93. The summed E-state index contributed by atoms with van der Waals surface area (Å²) in [4.78, 5) is 0. The number of hydrogen-bond donors (Lipinski definition) is 0. The van der Waals surface area contributed by atoms with Gasteiger partial charge < -0.3 is 0 Å². The standard InChI is InChI=1S/C10H17Cl/c1-10(2,8-11)7-9-5-3-4-6-9/h5H,3-4,6-8H2,1-2H3. The fourth-order valence-electron chi connectivity index (χ4n) is 1.56. The van der Waals surface area contributed by atoms with Crippen LogP contribution >= 0.6 is 11.6 Å². The number of hydrogen-bond acceptors (Lipinski definition) is 0. The predicted molar refractivity (Wildman–Crippen MR) is 51.1 cm³/mol. The minimum absolute atomic E-state index is 0.303. The summed E-state index contributed by atoms with van der Waals surface area (Å²) in [7, 11) is 0. The minimum atomic E-state index is 0.303. The SMILES string of the molecule is CC(C)(CCl)CC1=CCCC1. The highest BCUT2D eigenvalue weighted by atomic mass is 35.5. The van der Waals surface area contributed by atoms with Crippen molar-refractivity contribution in [1.29, 1.82) is 0 Å². The molecule has 11 heavy (non-hydrogen) atoms. The molecule has 0 atom stereocenters. The molecule has 0 aromatic heterocycles. The average molecular weight is 173 g/mol. The lowest BCUT2D eigenvalue weighted by atomic mass is 9.87. The van der Waals surface area contributed by atoms with Crippen molar-refractivity contribution >= 4 is 11.6 Å². The minimum Gasteiger partial charge on any atom is -0.126 e. The molecule has 1 aliphatic carbocycles. The van der Waals surface area contributed by atoms with E-state index >= 15 is 0 Å². The second-order valence-electron chi connectivity index (χ2n) is 4.23. The monoisotopic (exact) mass is 172 g/mol. The highest BCUT2D eigenvalue weighted by molar-refractivity contribution is 6.18. The molecule has 0 N–H and O–H groups in total. The van der Waals surface area contributed by atoms with Gasteiger partial charge in [0.15, 0.2) is 0 Å². The maximum absolute atomic E-state index is 5.84. The molecule has 0 unspecified atom stereocenters. The summed E-state index contributed by atoms with van der Waals surface area (Å²) in [6.45, 7) is 4.47. The lowest BCUT2D eigenvalue weighted by molar-refractivity contribution is 0.413. The van der Waals surface area contributed by atoms with Crippen molar-refractivity contribution in [2.45, 2.75) is 39.5 Å². The van der Waals surface area contributed by atoms with Gasteiger partial charge in [0.2, 0.25) is 0 Å². The molecule has 0 bridgehead atoms. The molecular formula is C10H17Cl. The number of rotatable bonds is 3. The zero-order valence-corrected chi connectivity index (χ0v) is 8.25. The fourth-order valence-corrected chi connectivity index (χ4v) is 1.65. The van der Waals surface area contributed by atoms with E-state index in [4.69, 9.17) is 11.6 Å². The van der Waals surface area contributed by atoms with E-state index < -0.39 is 0 Å². The van der Waals surface area contributed by atoms with Gasteiger partial charge in [-0.25, -0.2) is 0 Å². The van der Waals surface area contributed by atoms with E-state index in [0.29, 0.717) is 5.41 Å². The van der Waals surface area contributed by atoms with Gasteiger partial charge >= 0.3 is 0 Å². The van der Waals surface area contributed by atoms with Crippen LogP contribution in [0.25, 0.3) is 0 Å². The maximum atomic E-state index is 5.84. The first-order chi connectivity index (χ1) is 5.14. The molecule has 0 fully saturated rings. The molecule has 0 spiro atoms. The van der Waals surface area contributed by atoms with E-state index in [0.717, 1.165) is 5.88 Å². The van der Waals surface area contributed by atoms with Gasteiger partial charge in [0.05, 0.1) is 0 Å². The van der Waals surface area contributed by atoms with E-state index in [1.54, 1.807) is 5.57 Å². The third kappa shape index (κ3) is 2.86. The van der Waals surface area contributed by atoms with Crippen molar-refractivity contribution in [2.24, 2.45) is 5.41 Å². The molecule has 0 heterocycles. The van der Waals surface area contributed by atoms with Crippen LogP contribution in [-0.2, 0) is 0 Å². The van der Waals surface area contributed by atoms with E-state index in [2.05, 4.69) is 19.9 Å². The van der Waals surface area contributed by atoms with Crippen LogP contribution < -0.4 is 0 Å². The molecule has 0 aromatic carbocycles. The summed E-state index contributed by atoms with van der Waals surface area (Å²) < 4.78 is 0. The average Bonchev–Trinajstić information content (AvgIpc) is 2.39. The van der Waals surface area contributed by atoms with E-state index in [-0.39, 0.29) is 0 Å². The second-order valence-corrected chi connectivity index (χ2v) is 4.50. The van der Waals surface area contributed by atoms with Gasteiger partial charge in [0.1, 0.15) is 0 Å². The summed E-state index contributed by atoms with van der Waals surface area (Å²) in [6, 6.07) is 0. The number of halogens is 1. The fraction of sp³-hybridized carbons (Fsp3) is 0.800. The predicted octanol–water partition coefficient (Wildman–Crippen LogP) is 3.75. The second kappa shape index (κ2) is 3.62. The van der Waals surface area contributed by atoms with Crippen molar-refractivity contribution in [3.05, 3.63) is 11.6 Å². The Balaban J connectivity index is 2.40. The smallest absolute Gasteiger partial charge is 0.0277 e. The molecule has 1 aliphatic rings. The summed E-state index contributed by atoms with van der Waals surface area (Å²) >= 11 is 5.84. The van der Waals surface area contributed by atoms with Crippen LogP contribution in [0.15, 0.2) is 11.6 Å². The van der Waals surface area contributed by atoms with Gasteiger partial charge in [-0.1, -0.05) is 25.5 Å². The van der Waals surface area contributed by atoms with Crippen LogP contribution in [0.3, 0.4) is 0 Å². The largest absolute Gasteiger partial charge is 0.126 e. The van der Waals surface area contributed by atoms with Gasteiger partial charge in [-0.05, 0) is 31.1 Å². The Hall–Kier alpha value is 0.0300. The van der Waals surface area contributed by atoms with Gasteiger partial charge in [0.25, 0.3) is 0 Å². The highest BCUT2D eigenvalue weighted by Crippen LogP contribution is 2.31. The van der Waals surface area contributed by atoms with Gasteiger partial charge in [0, 0.05) is 5.88 Å². The lowest BCUT2D eigenvalue weighted by Crippen LogP contribution is -2.13. The summed E-state index contributed by atoms with van der Waals surface area (Å²) in [5.41, 5.74) is 1.92. The first kappa shape index (κ1) is 9.12. The van der Waals surface area contributed by atoms with Crippen molar-refractivity contribution in [2.75, 3.05) is 5.88 Å². The van der Waals surface area contributed by atoms with Crippen LogP contribution in [-0.4, -0.2) is 5.88 Å². The van der Waals surface area contributed by atoms with Gasteiger partial charge in [-0.3, -0.25) is 0 Å². The Morgan fingerprint density at radius 3 is 2.73 bits per heavy atom. The van der Waals surface area contributed by atoms with Crippen LogP contribution in [0.2, 0.25) is 0 Å². The molecule has 1 rings (SSSR count). The van der Waals surface area contributed by atoms with Gasteiger partial charge in [-0.15, -0.1) is 11.6 Å². The molecule has 0 aromatic rings. The molecule has 0 saturated heterocycles. The first-order valence-corrected chi connectivity index (χ1v) is 4.91. The van der Waals surface area contributed by atoms with Crippen LogP contribution in [0, 0.1) is 5.41 Å². The molecular weight excluding hydrogens is 156 g/mol. The third-order valence-electron chi connectivity index (χ3n) is 2.20. The Bertz CT molecular complexity index is 156. The zero-order chi connectivity index (χ0) is 8.32. The zero-order valence-electron chi connectivity index (χ0n) is 7.49. The lowest BCUT2D eigenvalue weighted by Gasteiger charge is -2.21. The first-order valence-electron chi connectivity index (χ1n) is 4.38. The molecule has 0 radical (unpaired) electrons. The summed E-state index contributed by atoms with van der Waals surface area (Å²) in [5.74, 6) is 0.768. The molecule has 0 aliphatic heterocycles. The molecule has 0 amide bonds. The van der Waals surface area contributed by atoms with E-state index in [1.165, 1.54) is 25.7 Å². The van der Waals surface area contributed by atoms with Crippen molar-refractivity contribution in [3.8, 4) is 0 Å². The Morgan fingerprint density at radius 1 is 1.55 bits per heavy atom. The molecule has 0 saturated carbocycles.